The minimum Gasteiger partial charge on any atom is -0.455 e. The Balaban J connectivity index is 2.29. The third-order valence-electron chi connectivity index (χ3n) is 3.50. The molecule has 0 saturated carbocycles. The predicted octanol–water partition coefficient (Wildman–Crippen LogP) is 0.162. The second-order valence-corrected chi connectivity index (χ2v) is 4.99. The van der Waals surface area contributed by atoms with Crippen LogP contribution in [-0.4, -0.2) is 52.3 Å². The topological polar surface area (TPSA) is 96.2 Å². The van der Waals surface area contributed by atoms with Gasteiger partial charge < -0.3 is 24.8 Å². The fourth-order valence-corrected chi connectivity index (χ4v) is 2.46. The Morgan fingerprint density at radius 2 is 1.86 bits per heavy atom. The lowest BCUT2D eigenvalue weighted by atomic mass is 9.92. The van der Waals surface area contributed by atoms with Crippen LogP contribution in [0.1, 0.15) is 25.0 Å². The molecule has 0 spiro atoms. The van der Waals surface area contributed by atoms with Gasteiger partial charge in [-0.1, -0.05) is 30.3 Å². The van der Waals surface area contributed by atoms with E-state index in [0.29, 0.717) is 5.56 Å². The zero-order valence-corrected chi connectivity index (χ0v) is 11.8. The minimum atomic E-state index is -1.39. The Labute approximate surface area is 122 Å². The van der Waals surface area contributed by atoms with Crippen molar-refractivity contribution >= 4 is 5.97 Å². The highest BCUT2D eigenvalue weighted by atomic mass is 16.6. The third-order valence-corrected chi connectivity index (χ3v) is 3.50. The molecule has 0 unspecified atom stereocenters. The summed E-state index contributed by atoms with van der Waals surface area (Å²) >= 11 is 0. The number of hydrogen-bond donors (Lipinski definition) is 3. The van der Waals surface area contributed by atoms with Crippen LogP contribution in [0.4, 0.5) is 0 Å². The van der Waals surface area contributed by atoms with Crippen molar-refractivity contribution in [1.29, 1.82) is 0 Å². The molecule has 0 aromatic heterocycles. The van der Waals surface area contributed by atoms with Gasteiger partial charge in [0, 0.05) is 6.61 Å². The van der Waals surface area contributed by atoms with E-state index in [2.05, 4.69) is 0 Å². The zero-order valence-electron chi connectivity index (χ0n) is 11.8. The maximum absolute atomic E-state index is 11.8. The highest BCUT2D eigenvalue weighted by Gasteiger charge is 2.42. The number of esters is 1. The standard InChI is InChI=1S/C15H20O6/c1-2-20-15-10(16)8-11(17)21-14(12(18)13(15)19)9-6-4-3-5-7-9/h3-7,10,12-16,18-19H,2,8H2,1H3/t10-,12+,13+,14-,15-/m0/s1. The van der Waals surface area contributed by atoms with Crippen molar-refractivity contribution in [3.05, 3.63) is 35.9 Å². The van der Waals surface area contributed by atoms with Gasteiger partial charge in [-0.05, 0) is 12.5 Å². The smallest absolute Gasteiger partial charge is 0.309 e. The monoisotopic (exact) mass is 296 g/mol. The molecule has 116 valence electrons. The molecule has 1 aromatic carbocycles. The quantitative estimate of drug-likeness (QED) is 0.688. The molecule has 2 rings (SSSR count). The number of rotatable bonds is 3. The van der Waals surface area contributed by atoms with E-state index in [0.717, 1.165) is 0 Å². The van der Waals surface area contributed by atoms with E-state index in [1.165, 1.54) is 0 Å². The Hall–Kier alpha value is -1.47. The number of carbonyl (C=O) groups excluding carboxylic acids is 1. The predicted molar refractivity (Wildman–Crippen MR) is 73.3 cm³/mol. The molecule has 0 radical (unpaired) electrons. The average Bonchev–Trinajstić information content (AvgIpc) is 2.49. The third kappa shape index (κ3) is 3.59. The molecular formula is C15H20O6. The molecule has 1 saturated heterocycles. The molecule has 1 aliphatic rings. The number of hydrogen-bond acceptors (Lipinski definition) is 6. The number of ether oxygens (including phenoxy) is 2. The maximum atomic E-state index is 11.8. The summed E-state index contributed by atoms with van der Waals surface area (Å²) in [5, 5.41) is 30.5. The summed E-state index contributed by atoms with van der Waals surface area (Å²) in [5.41, 5.74) is 0.573. The maximum Gasteiger partial charge on any atom is 0.309 e. The van der Waals surface area contributed by atoms with Crippen LogP contribution in [0.25, 0.3) is 0 Å². The van der Waals surface area contributed by atoms with Gasteiger partial charge in [0.25, 0.3) is 0 Å². The van der Waals surface area contributed by atoms with Gasteiger partial charge in [-0.2, -0.15) is 0 Å². The van der Waals surface area contributed by atoms with E-state index in [1.807, 2.05) is 0 Å². The van der Waals surface area contributed by atoms with Gasteiger partial charge in [-0.25, -0.2) is 0 Å². The fourth-order valence-electron chi connectivity index (χ4n) is 2.46. The molecule has 0 amide bonds. The van der Waals surface area contributed by atoms with Crippen molar-refractivity contribution in [2.24, 2.45) is 0 Å². The minimum absolute atomic E-state index is 0.247. The number of benzene rings is 1. The first-order valence-corrected chi connectivity index (χ1v) is 6.94. The first kappa shape index (κ1) is 15.9. The molecule has 5 atom stereocenters. The molecule has 0 bridgehead atoms. The van der Waals surface area contributed by atoms with Crippen LogP contribution < -0.4 is 0 Å². The summed E-state index contributed by atoms with van der Waals surface area (Å²) in [6, 6.07) is 8.68. The van der Waals surface area contributed by atoms with Gasteiger partial charge in [0.2, 0.25) is 0 Å². The van der Waals surface area contributed by atoms with Crippen molar-refractivity contribution in [2.75, 3.05) is 6.61 Å². The summed E-state index contributed by atoms with van der Waals surface area (Å²) in [4.78, 5) is 11.8. The van der Waals surface area contributed by atoms with Gasteiger partial charge in [-0.15, -0.1) is 0 Å². The SMILES string of the molecule is CCO[C@@H]1[C@H](O)[C@@H](O)[C@H](c2ccccc2)OC(=O)C[C@@H]1O. The van der Waals surface area contributed by atoms with Gasteiger partial charge in [-0.3, -0.25) is 4.79 Å². The second kappa shape index (κ2) is 7.00. The van der Waals surface area contributed by atoms with Crippen molar-refractivity contribution in [3.8, 4) is 0 Å². The number of carbonyl (C=O) groups is 1. The Bertz CT molecular complexity index is 462. The van der Waals surface area contributed by atoms with Crippen molar-refractivity contribution < 1.29 is 29.6 Å². The highest BCUT2D eigenvalue weighted by Crippen LogP contribution is 2.29. The first-order chi connectivity index (χ1) is 10.0. The molecular weight excluding hydrogens is 276 g/mol. The van der Waals surface area contributed by atoms with Crippen LogP contribution in [0.2, 0.25) is 0 Å². The molecule has 0 aliphatic carbocycles. The van der Waals surface area contributed by atoms with E-state index in [4.69, 9.17) is 9.47 Å². The van der Waals surface area contributed by atoms with Gasteiger partial charge in [0.1, 0.15) is 18.3 Å². The first-order valence-electron chi connectivity index (χ1n) is 6.94. The van der Waals surface area contributed by atoms with Crippen LogP contribution in [0.15, 0.2) is 30.3 Å². The van der Waals surface area contributed by atoms with E-state index >= 15 is 0 Å². The molecule has 6 heteroatoms. The summed E-state index contributed by atoms with van der Waals surface area (Å²) in [5.74, 6) is -0.646. The molecule has 3 N–H and O–H groups in total. The lowest BCUT2D eigenvalue weighted by Gasteiger charge is -2.36. The van der Waals surface area contributed by atoms with Crippen LogP contribution >= 0.6 is 0 Å². The Morgan fingerprint density at radius 3 is 2.48 bits per heavy atom. The van der Waals surface area contributed by atoms with Crippen molar-refractivity contribution in [3.63, 3.8) is 0 Å². The summed E-state index contributed by atoms with van der Waals surface area (Å²) in [6.07, 6.45) is -6.30. The van der Waals surface area contributed by atoms with Crippen LogP contribution in [-0.2, 0) is 14.3 Å². The molecule has 21 heavy (non-hydrogen) atoms. The lowest BCUT2D eigenvalue weighted by Crippen LogP contribution is -2.51. The summed E-state index contributed by atoms with van der Waals surface area (Å²) < 4.78 is 10.5. The summed E-state index contributed by atoms with van der Waals surface area (Å²) in [7, 11) is 0. The lowest BCUT2D eigenvalue weighted by molar-refractivity contribution is -0.194. The number of aliphatic hydroxyl groups is 3. The van der Waals surface area contributed by atoms with Crippen molar-refractivity contribution in [2.45, 2.75) is 43.9 Å². The number of cyclic esters (lactones) is 1. The van der Waals surface area contributed by atoms with E-state index in [-0.39, 0.29) is 13.0 Å². The van der Waals surface area contributed by atoms with Gasteiger partial charge >= 0.3 is 5.97 Å². The zero-order chi connectivity index (χ0) is 15.4. The molecule has 6 nitrogen and oxygen atoms in total. The largest absolute Gasteiger partial charge is 0.455 e. The normalized spacial score (nSPS) is 33.9. The second-order valence-electron chi connectivity index (χ2n) is 4.99. The van der Waals surface area contributed by atoms with E-state index in [9.17, 15) is 20.1 Å². The van der Waals surface area contributed by atoms with E-state index < -0.39 is 36.5 Å². The molecule has 1 aromatic rings. The van der Waals surface area contributed by atoms with Gasteiger partial charge in [0.05, 0.1) is 12.5 Å². The average molecular weight is 296 g/mol. The summed E-state index contributed by atoms with van der Waals surface area (Å²) in [6.45, 7) is 1.95. The van der Waals surface area contributed by atoms with Crippen molar-refractivity contribution in [1.82, 2.24) is 0 Å². The van der Waals surface area contributed by atoms with Gasteiger partial charge in [0.15, 0.2) is 6.10 Å². The molecule has 1 heterocycles. The Morgan fingerprint density at radius 1 is 1.19 bits per heavy atom. The van der Waals surface area contributed by atoms with Crippen LogP contribution in [0.3, 0.4) is 0 Å². The van der Waals surface area contributed by atoms with Crippen LogP contribution in [0.5, 0.6) is 0 Å². The molecule has 1 fully saturated rings. The fraction of sp³-hybridized carbons (Fsp3) is 0.533. The van der Waals surface area contributed by atoms with E-state index in [1.54, 1.807) is 37.3 Å². The molecule has 1 aliphatic heterocycles. The number of aliphatic hydroxyl groups excluding tert-OH is 3. The Kier molecular flexibility index (Phi) is 5.30. The highest BCUT2D eigenvalue weighted by molar-refractivity contribution is 5.70. The van der Waals surface area contributed by atoms with Crippen LogP contribution in [0, 0.1) is 0 Å².